The number of allylic oxidation sites excluding steroid dienone is 1. The average molecular weight is 230 g/mol. The zero-order valence-corrected chi connectivity index (χ0v) is 9.57. The minimum Gasteiger partial charge on any atom is -0.476 e. The van der Waals surface area contributed by atoms with Gasteiger partial charge in [0.15, 0.2) is 11.5 Å². The average Bonchev–Trinajstić information content (AvgIpc) is 2.22. The first kappa shape index (κ1) is 10.8. The van der Waals surface area contributed by atoms with Crippen LogP contribution < -0.4 is 5.32 Å². The zero-order valence-electron chi connectivity index (χ0n) is 8.82. The lowest BCUT2D eigenvalue weighted by Crippen LogP contribution is -2.36. The summed E-state index contributed by atoms with van der Waals surface area (Å²) in [7, 11) is 2.13. The molecule has 0 aliphatic carbocycles. The van der Waals surface area contributed by atoms with Crippen LogP contribution in [0.5, 0.6) is 0 Å². The molecule has 2 aliphatic rings. The monoisotopic (exact) mass is 229 g/mol. The van der Waals surface area contributed by atoms with Crippen LogP contribution in [0.4, 0.5) is 0 Å². The zero-order chi connectivity index (χ0) is 10.7. The van der Waals surface area contributed by atoms with E-state index >= 15 is 0 Å². The van der Waals surface area contributed by atoms with Crippen molar-refractivity contribution in [3.63, 3.8) is 0 Å². The van der Waals surface area contributed by atoms with Crippen LogP contribution in [-0.4, -0.2) is 43.0 Å². The molecule has 0 aromatic heterocycles. The van der Waals surface area contributed by atoms with E-state index in [0.717, 1.165) is 31.8 Å². The smallest absolute Gasteiger partial charge is 0.197 e. The number of nitrogens with one attached hydrogen (secondary N) is 1. The molecule has 0 saturated carbocycles. The summed E-state index contributed by atoms with van der Waals surface area (Å²) in [5.41, 5.74) is -0.392. The fraction of sp³-hybridized carbons (Fsp3) is 0.700. The molecule has 15 heavy (non-hydrogen) atoms. The highest BCUT2D eigenvalue weighted by Gasteiger charge is 2.19. The molecule has 1 unspecified atom stereocenters. The van der Waals surface area contributed by atoms with Crippen LogP contribution in [-0.2, 0) is 4.74 Å². The van der Waals surface area contributed by atoms with E-state index in [4.69, 9.17) is 16.3 Å². The summed E-state index contributed by atoms with van der Waals surface area (Å²) in [4.78, 5) is 6.26. The maximum Gasteiger partial charge on any atom is 0.197 e. The van der Waals surface area contributed by atoms with Gasteiger partial charge in [-0.05, 0) is 19.9 Å². The van der Waals surface area contributed by atoms with Gasteiger partial charge in [-0.15, -0.1) is 0 Å². The second-order valence-electron chi connectivity index (χ2n) is 3.93. The molecular weight excluding hydrogens is 214 g/mol. The van der Waals surface area contributed by atoms with Crippen molar-refractivity contribution in [3.8, 4) is 0 Å². The van der Waals surface area contributed by atoms with Crippen LogP contribution in [0.15, 0.2) is 17.0 Å². The topological polar surface area (TPSA) is 36.9 Å². The Morgan fingerprint density at radius 3 is 2.93 bits per heavy atom. The molecule has 0 amide bonds. The van der Waals surface area contributed by atoms with Crippen LogP contribution in [0.2, 0.25) is 0 Å². The molecule has 1 fully saturated rings. The molecule has 1 atom stereocenters. The standard InChI is InChI=1S/C10H16ClN3O/c1-14-6-3-8(4-7-14)15-9-2-5-12-10(11)13-9/h2,5,8,10,13H,3-4,6-7H2,1H3. The Labute approximate surface area is 94.9 Å². The number of hydrogen-bond acceptors (Lipinski definition) is 4. The van der Waals surface area contributed by atoms with Crippen LogP contribution in [0.1, 0.15) is 12.8 Å². The van der Waals surface area contributed by atoms with Crippen molar-refractivity contribution in [1.29, 1.82) is 0 Å². The lowest BCUT2D eigenvalue weighted by molar-refractivity contribution is 0.0480. The van der Waals surface area contributed by atoms with Gasteiger partial charge in [0, 0.05) is 25.4 Å². The Kier molecular flexibility index (Phi) is 3.49. The van der Waals surface area contributed by atoms with Gasteiger partial charge in [-0.3, -0.25) is 4.99 Å². The minimum absolute atomic E-state index is 0.301. The van der Waals surface area contributed by atoms with Crippen molar-refractivity contribution in [2.45, 2.75) is 24.6 Å². The SMILES string of the molecule is CN1CCC(OC2=CC=NC(Cl)N2)CC1. The van der Waals surface area contributed by atoms with Gasteiger partial charge in [-0.2, -0.15) is 0 Å². The molecule has 5 heteroatoms. The second-order valence-corrected chi connectivity index (χ2v) is 4.34. The Morgan fingerprint density at radius 2 is 2.27 bits per heavy atom. The largest absolute Gasteiger partial charge is 0.476 e. The van der Waals surface area contributed by atoms with Crippen LogP contribution >= 0.6 is 11.6 Å². The van der Waals surface area contributed by atoms with Gasteiger partial charge in [0.05, 0.1) is 0 Å². The Balaban J connectivity index is 1.82. The number of alkyl halides is 1. The highest BCUT2D eigenvalue weighted by atomic mass is 35.5. The molecule has 2 heterocycles. The molecule has 0 radical (unpaired) electrons. The molecule has 2 rings (SSSR count). The van der Waals surface area contributed by atoms with Crippen molar-refractivity contribution in [2.24, 2.45) is 4.99 Å². The van der Waals surface area contributed by atoms with Crippen LogP contribution in [0.3, 0.4) is 0 Å². The fourth-order valence-electron chi connectivity index (χ4n) is 1.74. The van der Waals surface area contributed by atoms with Crippen molar-refractivity contribution in [1.82, 2.24) is 10.2 Å². The molecule has 0 aromatic carbocycles. The number of piperidine rings is 1. The highest BCUT2D eigenvalue weighted by Crippen LogP contribution is 2.16. The van der Waals surface area contributed by atoms with Crippen molar-refractivity contribution in [2.75, 3.05) is 20.1 Å². The van der Waals surface area contributed by atoms with E-state index < -0.39 is 5.62 Å². The third kappa shape index (κ3) is 3.11. The predicted octanol–water partition coefficient (Wildman–Crippen LogP) is 1.14. The number of aliphatic imine (C=N–C) groups is 1. The maximum atomic E-state index is 5.81. The van der Waals surface area contributed by atoms with Crippen LogP contribution in [0.25, 0.3) is 0 Å². The summed E-state index contributed by atoms with van der Waals surface area (Å²) in [6.45, 7) is 2.19. The first-order valence-corrected chi connectivity index (χ1v) is 5.67. The summed E-state index contributed by atoms with van der Waals surface area (Å²) in [6, 6.07) is 0. The maximum absolute atomic E-state index is 5.81. The van der Waals surface area contributed by atoms with Crippen molar-refractivity contribution >= 4 is 17.8 Å². The Hall–Kier alpha value is -0.740. The van der Waals surface area contributed by atoms with Gasteiger partial charge >= 0.3 is 0 Å². The lowest BCUT2D eigenvalue weighted by Gasteiger charge is -2.30. The van der Waals surface area contributed by atoms with E-state index in [0.29, 0.717) is 6.10 Å². The third-order valence-corrected chi connectivity index (χ3v) is 2.89. The number of nitrogens with zero attached hydrogens (tertiary/aromatic N) is 2. The van der Waals surface area contributed by atoms with E-state index in [9.17, 15) is 0 Å². The number of likely N-dealkylation sites (tertiary alicyclic amines) is 1. The molecule has 84 valence electrons. The Bertz CT molecular complexity index is 272. The molecule has 2 aliphatic heterocycles. The Morgan fingerprint density at radius 1 is 1.53 bits per heavy atom. The summed E-state index contributed by atoms with van der Waals surface area (Å²) < 4.78 is 5.80. The molecule has 4 nitrogen and oxygen atoms in total. The molecule has 1 N–H and O–H groups in total. The number of rotatable bonds is 2. The van der Waals surface area contributed by atoms with Gasteiger partial charge < -0.3 is 15.0 Å². The van der Waals surface area contributed by atoms with Crippen molar-refractivity contribution < 1.29 is 4.74 Å². The van der Waals surface area contributed by atoms with E-state index in [-0.39, 0.29) is 0 Å². The third-order valence-electron chi connectivity index (χ3n) is 2.66. The molecular formula is C10H16ClN3O. The summed E-state index contributed by atoms with van der Waals surface area (Å²) >= 11 is 5.81. The first-order chi connectivity index (χ1) is 7.24. The highest BCUT2D eigenvalue weighted by molar-refractivity contribution is 6.20. The second kappa shape index (κ2) is 4.86. The van der Waals surface area contributed by atoms with E-state index in [1.54, 1.807) is 6.21 Å². The van der Waals surface area contributed by atoms with Gasteiger partial charge in [0.25, 0.3) is 0 Å². The predicted molar refractivity (Wildman–Crippen MR) is 61.0 cm³/mol. The van der Waals surface area contributed by atoms with Crippen LogP contribution in [0, 0.1) is 0 Å². The molecule has 0 aromatic rings. The molecule has 1 saturated heterocycles. The summed E-state index contributed by atoms with van der Waals surface area (Å²) in [5.74, 6) is 0.736. The van der Waals surface area contributed by atoms with Gasteiger partial charge in [0.1, 0.15) is 6.10 Å². The quantitative estimate of drug-likeness (QED) is 0.570. The van der Waals surface area contributed by atoms with Crippen molar-refractivity contribution in [3.05, 3.63) is 12.0 Å². The lowest BCUT2D eigenvalue weighted by atomic mass is 10.1. The first-order valence-electron chi connectivity index (χ1n) is 5.23. The minimum atomic E-state index is -0.392. The number of hydrogen-bond donors (Lipinski definition) is 1. The van der Waals surface area contributed by atoms with E-state index in [1.165, 1.54) is 0 Å². The summed E-state index contributed by atoms with van der Waals surface area (Å²) in [5, 5.41) is 2.97. The number of halogens is 1. The summed E-state index contributed by atoms with van der Waals surface area (Å²) in [6.07, 6.45) is 5.94. The molecule has 0 bridgehead atoms. The fourth-order valence-corrected chi connectivity index (χ4v) is 1.92. The number of ether oxygens (including phenoxy) is 1. The normalized spacial score (nSPS) is 28.4. The van der Waals surface area contributed by atoms with E-state index in [2.05, 4.69) is 22.3 Å². The van der Waals surface area contributed by atoms with Gasteiger partial charge in [0.2, 0.25) is 0 Å². The van der Waals surface area contributed by atoms with Gasteiger partial charge in [-0.25, -0.2) is 0 Å². The van der Waals surface area contributed by atoms with Gasteiger partial charge in [-0.1, -0.05) is 11.6 Å². The van der Waals surface area contributed by atoms with E-state index in [1.807, 2.05) is 6.08 Å². The molecule has 0 spiro atoms.